The number of benzene rings is 1. The zero-order valence-corrected chi connectivity index (χ0v) is 13.4. The van der Waals surface area contributed by atoms with Crippen LogP contribution in [0.2, 0.25) is 5.02 Å². The van der Waals surface area contributed by atoms with Crippen LogP contribution in [0.4, 0.5) is 0 Å². The van der Waals surface area contributed by atoms with E-state index in [2.05, 4.69) is 5.32 Å². The highest BCUT2D eigenvalue weighted by molar-refractivity contribution is 6.33. The number of hydrogen-bond donors (Lipinski definition) is 1. The van der Waals surface area contributed by atoms with Crippen LogP contribution < -0.4 is 5.32 Å². The lowest BCUT2D eigenvalue weighted by atomic mass is 10.1. The summed E-state index contributed by atoms with van der Waals surface area (Å²) in [5.41, 5.74) is 0.379. The topological polar surface area (TPSA) is 58.6 Å². The minimum absolute atomic E-state index is 0.0223. The van der Waals surface area contributed by atoms with Crippen LogP contribution in [-0.4, -0.2) is 49.6 Å². The van der Waals surface area contributed by atoms with Gasteiger partial charge in [-0.3, -0.25) is 9.59 Å². The summed E-state index contributed by atoms with van der Waals surface area (Å²) in [6.07, 6.45) is 0.982. The highest BCUT2D eigenvalue weighted by Crippen LogP contribution is 2.15. The van der Waals surface area contributed by atoms with Gasteiger partial charge in [0, 0.05) is 25.6 Å². The summed E-state index contributed by atoms with van der Waals surface area (Å²) in [6.45, 7) is 4.68. The Morgan fingerprint density at radius 2 is 2.18 bits per heavy atom. The zero-order valence-electron chi connectivity index (χ0n) is 12.7. The Balaban J connectivity index is 1.85. The number of nitrogens with one attached hydrogen (secondary N) is 1. The molecule has 1 aliphatic heterocycles. The minimum atomic E-state index is -0.334. The molecule has 1 aromatic carbocycles. The molecule has 2 rings (SSSR count). The first-order valence-corrected chi connectivity index (χ1v) is 7.87. The van der Waals surface area contributed by atoms with E-state index in [1.165, 1.54) is 0 Å². The largest absolute Gasteiger partial charge is 0.381 e. The van der Waals surface area contributed by atoms with Crippen molar-refractivity contribution in [1.29, 1.82) is 0 Å². The van der Waals surface area contributed by atoms with Crippen LogP contribution >= 0.6 is 11.6 Å². The Morgan fingerprint density at radius 3 is 2.82 bits per heavy atom. The molecule has 0 spiro atoms. The molecule has 0 bridgehead atoms. The number of carbonyl (C=O) groups excluding carboxylic acids is 2. The molecule has 1 atom stereocenters. The highest BCUT2D eigenvalue weighted by Gasteiger charge is 2.22. The van der Waals surface area contributed by atoms with Crippen molar-refractivity contribution >= 4 is 23.4 Å². The number of amides is 2. The third-order valence-electron chi connectivity index (χ3n) is 3.76. The smallest absolute Gasteiger partial charge is 0.253 e. The lowest BCUT2D eigenvalue weighted by Crippen LogP contribution is -2.42. The molecule has 2 amide bonds. The first-order chi connectivity index (χ1) is 10.6. The molecule has 0 aromatic heterocycles. The Bertz CT molecular complexity index is 530. The highest BCUT2D eigenvalue weighted by atomic mass is 35.5. The van der Waals surface area contributed by atoms with E-state index in [0.717, 1.165) is 13.0 Å². The maximum absolute atomic E-state index is 12.2. The fourth-order valence-electron chi connectivity index (χ4n) is 2.45. The first-order valence-electron chi connectivity index (χ1n) is 7.50. The number of ether oxygens (including phenoxy) is 1. The lowest BCUT2D eigenvalue weighted by Gasteiger charge is -2.23. The summed E-state index contributed by atoms with van der Waals surface area (Å²) in [7, 11) is 0. The summed E-state index contributed by atoms with van der Waals surface area (Å²) in [5, 5.41) is 3.01. The molecule has 22 heavy (non-hydrogen) atoms. The number of nitrogens with zero attached hydrogens (tertiary/aromatic N) is 1. The number of hydrogen-bond acceptors (Lipinski definition) is 3. The van der Waals surface area contributed by atoms with Crippen molar-refractivity contribution < 1.29 is 14.3 Å². The van der Waals surface area contributed by atoms with Crippen molar-refractivity contribution in [3.8, 4) is 0 Å². The predicted octanol–water partition coefficient (Wildman–Crippen LogP) is 1.95. The van der Waals surface area contributed by atoms with E-state index in [0.29, 0.717) is 36.2 Å². The normalized spacial score (nSPS) is 17.3. The molecule has 1 heterocycles. The van der Waals surface area contributed by atoms with Gasteiger partial charge in [-0.25, -0.2) is 0 Å². The van der Waals surface area contributed by atoms with Gasteiger partial charge < -0.3 is 15.0 Å². The molecule has 0 radical (unpaired) electrons. The number of rotatable bonds is 6. The lowest BCUT2D eigenvalue weighted by molar-refractivity contribution is -0.130. The molecule has 0 aliphatic carbocycles. The second-order valence-corrected chi connectivity index (χ2v) is 5.73. The van der Waals surface area contributed by atoms with Gasteiger partial charge >= 0.3 is 0 Å². The Kier molecular flexibility index (Phi) is 6.21. The third kappa shape index (κ3) is 4.45. The summed E-state index contributed by atoms with van der Waals surface area (Å²) >= 11 is 5.97. The number of carbonyl (C=O) groups is 2. The van der Waals surface area contributed by atoms with Gasteiger partial charge in [0.05, 0.1) is 23.7 Å². The standard InChI is InChI=1S/C16H21ClN2O3/c1-2-19(10-12-7-8-22-11-12)15(20)9-18-16(21)13-5-3-4-6-14(13)17/h3-6,12H,2,7-11H2,1H3,(H,18,21). The van der Waals surface area contributed by atoms with Gasteiger partial charge in [0.25, 0.3) is 5.91 Å². The van der Waals surface area contributed by atoms with Crippen molar-refractivity contribution in [2.24, 2.45) is 5.92 Å². The van der Waals surface area contributed by atoms with E-state index >= 15 is 0 Å². The van der Waals surface area contributed by atoms with Gasteiger partial charge in [-0.05, 0) is 25.5 Å². The van der Waals surface area contributed by atoms with Crippen molar-refractivity contribution in [3.05, 3.63) is 34.9 Å². The van der Waals surface area contributed by atoms with E-state index in [1.54, 1.807) is 29.2 Å². The van der Waals surface area contributed by atoms with Gasteiger partial charge in [-0.15, -0.1) is 0 Å². The summed E-state index contributed by atoms with van der Waals surface area (Å²) in [4.78, 5) is 26.0. The van der Waals surface area contributed by atoms with E-state index in [1.807, 2.05) is 6.92 Å². The fourth-order valence-corrected chi connectivity index (χ4v) is 2.68. The summed E-state index contributed by atoms with van der Waals surface area (Å²) in [6, 6.07) is 6.78. The maximum Gasteiger partial charge on any atom is 0.253 e. The van der Waals surface area contributed by atoms with Crippen molar-refractivity contribution in [1.82, 2.24) is 10.2 Å². The molecule has 0 saturated carbocycles. The van der Waals surface area contributed by atoms with Gasteiger partial charge in [-0.1, -0.05) is 23.7 Å². The maximum atomic E-state index is 12.2. The Hall–Kier alpha value is -1.59. The summed E-state index contributed by atoms with van der Waals surface area (Å²) in [5.74, 6) is -0.0304. The molecular weight excluding hydrogens is 304 g/mol. The number of halogens is 1. The molecule has 1 unspecified atom stereocenters. The molecule has 1 N–H and O–H groups in total. The fraction of sp³-hybridized carbons (Fsp3) is 0.500. The second kappa shape index (κ2) is 8.15. The van der Waals surface area contributed by atoms with Gasteiger partial charge in [0.2, 0.25) is 5.91 Å². The quantitative estimate of drug-likeness (QED) is 0.870. The molecule has 1 aromatic rings. The molecule has 6 heteroatoms. The van der Waals surface area contributed by atoms with Gasteiger partial charge in [0.15, 0.2) is 0 Å². The molecule has 1 aliphatic rings. The predicted molar refractivity (Wildman–Crippen MR) is 85.0 cm³/mol. The van der Waals surface area contributed by atoms with Crippen LogP contribution in [0, 0.1) is 5.92 Å². The molecule has 120 valence electrons. The van der Waals surface area contributed by atoms with E-state index in [-0.39, 0.29) is 18.4 Å². The van der Waals surface area contributed by atoms with E-state index < -0.39 is 0 Å². The van der Waals surface area contributed by atoms with Gasteiger partial charge in [-0.2, -0.15) is 0 Å². The average Bonchev–Trinajstić information content (AvgIpc) is 3.03. The van der Waals surface area contributed by atoms with Crippen LogP contribution in [0.3, 0.4) is 0 Å². The molecular formula is C16H21ClN2O3. The minimum Gasteiger partial charge on any atom is -0.381 e. The van der Waals surface area contributed by atoms with Crippen molar-refractivity contribution in [2.45, 2.75) is 13.3 Å². The van der Waals surface area contributed by atoms with Gasteiger partial charge in [0.1, 0.15) is 0 Å². The Morgan fingerprint density at radius 1 is 1.41 bits per heavy atom. The van der Waals surface area contributed by atoms with Crippen LogP contribution in [0.15, 0.2) is 24.3 Å². The average molecular weight is 325 g/mol. The third-order valence-corrected chi connectivity index (χ3v) is 4.09. The Labute approximate surface area is 135 Å². The van der Waals surface area contributed by atoms with Crippen LogP contribution in [-0.2, 0) is 9.53 Å². The first kappa shape index (κ1) is 16.8. The van der Waals surface area contributed by atoms with Crippen LogP contribution in [0.5, 0.6) is 0 Å². The van der Waals surface area contributed by atoms with Crippen LogP contribution in [0.25, 0.3) is 0 Å². The van der Waals surface area contributed by atoms with E-state index in [4.69, 9.17) is 16.3 Å². The van der Waals surface area contributed by atoms with Crippen LogP contribution in [0.1, 0.15) is 23.7 Å². The van der Waals surface area contributed by atoms with Crippen molar-refractivity contribution in [3.63, 3.8) is 0 Å². The SMILES string of the molecule is CCN(CC1CCOC1)C(=O)CNC(=O)c1ccccc1Cl. The molecule has 1 saturated heterocycles. The molecule has 5 nitrogen and oxygen atoms in total. The summed E-state index contributed by atoms with van der Waals surface area (Å²) < 4.78 is 5.33. The second-order valence-electron chi connectivity index (χ2n) is 5.32. The monoisotopic (exact) mass is 324 g/mol. The van der Waals surface area contributed by atoms with E-state index in [9.17, 15) is 9.59 Å². The molecule has 1 fully saturated rings. The van der Waals surface area contributed by atoms with Crippen molar-refractivity contribution in [2.75, 3.05) is 32.8 Å². The zero-order chi connectivity index (χ0) is 15.9. The number of likely N-dealkylation sites (N-methyl/N-ethyl adjacent to an activating group) is 1.